The van der Waals surface area contributed by atoms with Crippen LogP contribution in [0.4, 0.5) is 8.78 Å². The minimum Gasteiger partial charge on any atom is -0.308 e. The largest absolute Gasteiger partial charge is 0.308 e. The molecule has 10 nitrogen and oxygen atoms in total. The van der Waals surface area contributed by atoms with Crippen molar-refractivity contribution in [3.8, 4) is 73.8 Å². The van der Waals surface area contributed by atoms with Gasteiger partial charge in [0, 0.05) is 50.2 Å². The summed E-state index contributed by atoms with van der Waals surface area (Å²) in [7, 11) is 0. The van der Waals surface area contributed by atoms with E-state index in [1.54, 1.807) is 0 Å². The van der Waals surface area contributed by atoms with Crippen LogP contribution in [0.25, 0.3) is 95.6 Å². The predicted octanol–water partition coefficient (Wildman–Crippen LogP) is 10.9. The molecule has 0 amide bonds. The molecule has 0 saturated heterocycles. The van der Waals surface area contributed by atoms with Crippen LogP contribution >= 0.6 is 0 Å². The van der Waals surface area contributed by atoms with Crippen molar-refractivity contribution in [1.29, 1.82) is 0 Å². The Hall–Kier alpha value is -7.99. The van der Waals surface area contributed by atoms with Crippen LogP contribution in [-0.4, -0.2) is 49.4 Å². The molecule has 12 heteroatoms. The Morgan fingerprint density at radius 3 is 1.31 bits per heavy atom. The fourth-order valence-corrected chi connectivity index (χ4v) is 7.78. The Labute approximate surface area is 348 Å². The Kier molecular flexibility index (Phi) is 9.17. The van der Waals surface area contributed by atoms with Crippen LogP contribution in [0.15, 0.2) is 133 Å². The first kappa shape index (κ1) is 37.3. The lowest BCUT2D eigenvalue weighted by molar-refractivity contribution is 0.585. The van der Waals surface area contributed by atoms with Gasteiger partial charge in [0.05, 0.1) is 16.7 Å². The molecule has 0 aliphatic heterocycles. The summed E-state index contributed by atoms with van der Waals surface area (Å²) in [6.45, 7) is 7.39. The molecule has 10 aromatic rings. The van der Waals surface area contributed by atoms with Gasteiger partial charge in [0.15, 0.2) is 29.1 Å². The topological polar surface area (TPSA) is 121 Å². The first-order chi connectivity index (χ1) is 29.6. The van der Waals surface area contributed by atoms with Crippen molar-refractivity contribution < 1.29 is 8.78 Å². The van der Waals surface area contributed by atoms with Crippen molar-refractivity contribution in [2.45, 2.75) is 27.7 Å². The van der Waals surface area contributed by atoms with E-state index < -0.39 is 11.6 Å². The normalized spacial score (nSPS) is 11.4. The SMILES string of the molecule is Cc1nc(C)nc(-c2ccc3c4ccc(-c5nc(C)nc(C)n5)cc4n(-c4ccc(-c5ccc(F)cc5F)cc4-c4nc(-c5ccccc5)nc(-c5ccccc5)n4)c3c2)n1. The molecular formula is C49H34F2N10. The first-order valence-corrected chi connectivity index (χ1v) is 19.6. The summed E-state index contributed by atoms with van der Waals surface area (Å²) in [5.41, 5.74) is 6.85. The molecule has 0 atom stereocenters. The number of benzene rings is 6. The van der Waals surface area contributed by atoms with E-state index in [-0.39, 0.29) is 5.56 Å². The lowest BCUT2D eigenvalue weighted by Gasteiger charge is -2.17. The number of rotatable bonds is 7. The zero-order chi connectivity index (χ0) is 41.8. The van der Waals surface area contributed by atoms with Gasteiger partial charge in [-0.25, -0.2) is 53.6 Å². The second kappa shape index (κ2) is 15.0. The molecule has 0 fully saturated rings. The van der Waals surface area contributed by atoms with Crippen LogP contribution in [0.1, 0.15) is 23.3 Å². The summed E-state index contributed by atoms with van der Waals surface area (Å²) in [4.78, 5) is 42.8. The molecule has 0 spiro atoms. The van der Waals surface area contributed by atoms with E-state index in [2.05, 4.69) is 38.8 Å². The van der Waals surface area contributed by atoms with Crippen LogP contribution in [0.5, 0.6) is 0 Å². The lowest BCUT2D eigenvalue weighted by atomic mass is 10.00. The number of aromatic nitrogens is 10. The molecule has 0 aliphatic rings. The highest BCUT2D eigenvalue weighted by Crippen LogP contribution is 2.41. The minimum atomic E-state index is -0.693. The Morgan fingerprint density at radius 2 is 0.820 bits per heavy atom. The van der Waals surface area contributed by atoms with Crippen molar-refractivity contribution >= 4 is 21.8 Å². The summed E-state index contributed by atoms with van der Waals surface area (Å²) in [5, 5.41) is 1.92. The molecule has 0 unspecified atom stereocenters. The third-order valence-electron chi connectivity index (χ3n) is 10.4. The van der Waals surface area contributed by atoms with E-state index in [1.807, 2.05) is 119 Å². The van der Waals surface area contributed by atoms with Gasteiger partial charge in [-0.15, -0.1) is 0 Å². The fourth-order valence-electron chi connectivity index (χ4n) is 7.78. The molecular weight excluding hydrogens is 767 g/mol. The fraction of sp³-hybridized carbons (Fsp3) is 0.0816. The average molecular weight is 801 g/mol. The smallest absolute Gasteiger partial charge is 0.166 e. The number of hydrogen-bond donors (Lipinski definition) is 0. The quantitative estimate of drug-likeness (QED) is 0.155. The highest BCUT2D eigenvalue weighted by atomic mass is 19.1. The Morgan fingerprint density at radius 1 is 0.361 bits per heavy atom. The zero-order valence-electron chi connectivity index (χ0n) is 33.4. The first-order valence-electron chi connectivity index (χ1n) is 19.6. The van der Waals surface area contributed by atoms with Gasteiger partial charge < -0.3 is 4.57 Å². The summed E-state index contributed by atoms with van der Waals surface area (Å²) in [5.74, 6) is 3.44. The van der Waals surface area contributed by atoms with Gasteiger partial charge in [0.2, 0.25) is 0 Å². The second-order valence-corrected chi connectivity index (χ2v) is 14.7. The molecule has 10 rings (SSSR count). The van der Waals surface area contributed by atoms with Gasteiger partial charge in [-0.2, -0.15) is 0 Å². The van der Waals surface area contributed by atoms with E-state index >= 15 is 4.39 Å². The molecule has 294 valence electrons. The lowest BCUT2D eigenvalue weighted by Crippen LogP contribution is -2.04. The number of hydrogen-bond acceptors (Lipinski definition) is 9. The second-order valence-electron chi connectivity index (χ2n) is 14.7. The highest BCUT2D eigenvalue weighted by molar-refractivity contribution is 6.11. The Bertz CT molecular complexity index is 3130. The number of halogens is 2. The summed E-state index contributed by atoms with van der Waals surface area (Å²) < 4.78 is 32.1. The maximum absolute atomic E-state index is 15.6. The third kappa shape index (κ3) is 7.03. The van der Waals surface area contributed by atoms with Crippen LogP contribution in [0, 0.1) is 39.3 Å². The monoisotopic (exact) mass is 800 g/mol. The highest BCUT2D eigenvalue weighted by Gasteiger charge is 2.23. The number of aryl methyl sites for hydroxylation is 4. The van der Waals surface area contributed by atoms with Gasteiger partial charge in [0.25, 0.3) is 0 Å². The molecule has 0 saturated carbocycles. The maximum atomic E-state index is 15.6. The summed E-state index contributed by atoms with van der Waals surface area (Å²) in [6.07, 6.45) is 0. The molecule has 0 aliphatic carbocycles. The molecule has 6 aromatic carbocycles. The number of fused-ring (bicyclic) bond motifs is 3. The molecule has 61 heavy (non-hydrogen) atoms. The van der Waals surface area contributed by atoms with E-state index in [4.69, 9.17) is 34.9 Å². The molecule has 4 heterocycles. The summed E-state index contributed by atoms with van der Waals surface area (Å²) >= 11 is 0. The van der Waals surface area contributed by atoms with Gasteiger partial charge in [-0.3, -0.25) is 0 Å². The Balaban J connectivity index is 1.32. The third-order valence-corrected chi connectivity index (χ3v) is 10.4. The molecule has 0 bridgehead atoms. The summed E-state index contributed by atoms with van der Waals surface area (Å²) in [6, 6.07) is 40.9. The zero-order valence-corrected chi connectivity index (χ0v) is 33.4. The standard InChI is InChI=1S/C49H34F2N10/c1-27-52-28(2)55-47(54-27)34-15-19-38-39-20-16-35(48-56-29(3)53-30(4)57-48)25-44(39)61(43(38)24-34)42-22-17-33(37-21-18-36(50)26-41(37)51)23-40(42)49-59-45(31-11-7-5-8-12-31)58-46(60-49)32-13-9-6-10-14-32/h5-26H,1-4H3. The minimum absolute atomic E-state index is 0.225. The van der Waals surface area contributed by atoms with E-state index in [9.17, 15) is 4.39 Å². The van der Waals surface area contributed by atoms with Crippen molar-refractivity contribution in [3.63, 3.8) is 0 Å². The molecule has 4 aromatic heterocycles. The van der Waals surface area contributed by atoms with E-state index in [1.165, 1.54) is 12.1 Å². The van der Waals surface area contributed by atoms with Gasteiger partial charge >= 0.3 is 0 Å². The van der Waals surface area contributed by atoms with Crippen LogP contribution in [0.3, 0.4) is 0 Å². The van der Waals surface area contributed by atoms with Gasteiger partial charge in [0.1, 0.15) is 34.9 Å². The molecule has 0 N–H and O–H groups in total. The van der Waals surface area contributed by atoms with Crippen LogP contribution < -0.4 is 0 Å². The number of nitrogens with zero attached hydrogens (tertiary/aromatic N) is 10. The molecule has 0 radical (unpaired) electrons. The average Bonchev–Trinajstić information content (AvgIpc) is 3.59. The van der Waals surface area contributed by atoms with Gasteiger partial charge in [-0.05, 0) is 69.7 Å². The van der Waals surface area contributed by atoms with Gasteiger partial charge in [-0.1, -0.05) is 91.0 Å². The van der Waals surface area contributed by atoms with Crippen molar-refractivity contribution in [2.75, 3.05) is 0 Å². The van der Waals surface area contributed by atoms with E-state index in [0.717, 1.165) is 50.1 Å². The van der Waals surface area contributed by atoms with Crippen LogP contribution in [0.2, 0.25) is 0 Å². The van der Waals surface area contributed by atoms with Crippen molar-refractivity contribution in [1.82, 2.24) is 49.4 Å². The maximum Gasteiger partial charge on any atom is 0.166 e. The van der Waals surface area contributed by atoms with Crippen molar-refractivity contribution in [3.05, 3.63) is 168 Å². The van der Waals surface area contributed by atoms with E-state index in [0.29, 0.717) is 69.2 Å². The predicted molar refractivity (Wildman–Crippen MR) is 232 cm³/mol. The van der Waals surface area contributed by atoms with Crippen LogP contribution in [-0.2, 0) is 0 Å². The van der Waals surface area contributed by atoms with Crippen molar-refractivity contribution in [2.24, 2.45) is 0 Å².